The largest absolute Gasteiger partial charge is 0.462 e. The molecule has 0 unspecified atom stereocenters. The Hall–Kier alpha value is -1.85. The van der Waals surface area contributed by atoms with Crippen molar-refractivity contribution in [2.24, 2.45) is 0 Å². The molecule has 0 aromatic carbocycles. The minimum absolute atomic E-state index is 0.0666. The third-order valence-electron chi connectivity index (χ3n) is 13.0. The van der Waals surface area contributed by atoms with Crippen LogP contribution in [0.2, 0.25) is 0 Å². The SMILES string of the molecule is CCCCC/C=C\CCCCCCCC(=O)OC[C@H](COC(=O)CCCCCCCCCCCCCCCCCCCC)OC(=O)CCCCCCCCCCCCCCCCCC. The van der Waals surface area contributed by atoms with Crippen molar-refractivity contribution in [3.63, 3.8) is 0 Å². The predicted molar refractivity (Wildman–Crippen MR) is 275 cm³/mol. The third kappa shape index (κ3) is 51.1. The first-order chi connectivity index (χ1) is 31.5. The molecular formula is C58H110O6. The summed E-state index contributed by atoms with van der Waals surface area (Å²) < 4.78 is 16.9. The van der Waals surface area contributed by atoms with E-state index in [4.69, 9.17) is 14.2 Å². The standard InChI is InChI=1S/C58H110O6/c1-4-7-10-13-16-19-22-25-27-29-30-32-33-36-39-42-45-48-51-57(60)63-54-55(53-62-56(59)50-47-44-41-38-35-24-21-18-15-12-9-6-3)64-58(61)52-49-46-43-40-37-34-31-28-26-23-20-17-14-11-8-5-2/h18,21,55H,4-17,19-20,22-54H2,1-3H3/b21-18-/t55-/m1/s1. The molecule has 6 heteroatoms. The van der Waals surface area contributed by atoms with Gasteiger partial charge in [0.05, 0.1) is 0 Å². The molecule has 6 nitrogen and oxygen atoms in total. The van der Waals surface area contributed by atoms with Crippen molar-refractivity contribution in [2.75, 3.05) is 13.2 Å². The summed E-state index contributed by atoms with van der Waals surface area (Å²) in [6.45, 7) is 6.67. The number of esters is 3. The van der Waals surface area contributed by atoms with Crippen LogP contribution in [0, 0.1) is 0 Å². The highest BCUT2D eigenvalue weighted by atomic mass is 16.6. The summed E-state index contributed by atoms with van der Waals surface area (Å²) in [7, 11) is 0. The first-order valence-corrected chi connectivity index (χ1v) is 28.7. The molecule has 0 spiro atoms. The highest BCUT2D eigenvalue weighted by Crippen LogP contribution is 2.17. The maximum Gasteiger partial charge on any atom is 0.306 e. The molecule has 1 atom stereocenters. The number of carbonyl (C=O) groups is 3. The van der Waals surface area contributed by atoms with Gasteiger partial charge in [-0.15, -0.1) is 0 Å². The van der Waals surface area contributed by atoms with Crippen LogP contribution in [0.25, 0.3) is 0 Å². The highest BCUT2D eigenvalue weighted by molar-refractivity contribution is 5.71. The molecule has 0 aliphatic rings. The Morgan fingerprint density at radius 1 is 0.297 bits per heavy atom. The highest BCUT2D eigenvalue weighted by Gasteiger charge is 2.19. The van der Waals surface area contributed by atoms with Crippen LogP contribution in [0.3, 0.4) is 0 Å². The van der Waals surface area contributed by atoms with Crippen LogP contribution in [0.5, 0.6) is 0 Å². The second kappa shape index (κ2) is 53.8. The van der Waals surface area contributed by atoms with Gasteiger partial charge in [-0.25, -0.2) is 0 Å². The normalized spacial score (nSPS) is 12.0. The molecule has 0 bridgehead atoms. The van der Waals surface area contributed by atoms with Gasteiger partial charge >= 0.3 is 17.9 Å². The van der Waals surface area contributed by atoms with Crippen molar-refractivity contribution < 1.29 is 28.6 Å². The van der Waals surface area contributed by atoms with Crippen LogP contribution in [0.1, 0.15) is 323 Å². The molecule has 0 rings (SSSR count). The van der Waals surface area contributed by atoms with Gasteiger partial charge in [0.1, 0.15) is 13.2 Å². The molecule has 378 valence electrons. The van der Waals surface area contributed by atoms with E-state index in [1.54, 1.807) is 0 Å². The average molecular weight is 904 g/mol. The Morgan fingerprint density at radius 3 is 0.812 bits per heavy atom. The third-order valence-corrected chi connectivity index (χ3v) is 13.0. The Morgan fingerprint density at radius 2 is 0.516 bits per heavy atom. The zero-order valence-corrected chi connectivity index (χ0v) is 43.3. The fraction of sp³-hybridized carbons (Fsp3) is 0.914. The second-order valence-corrected chi connectivity index (χ2v) is 19.6. The maximum atomic E-state index is 12.8. The van der Waals surface area contributed by atoms with E-state index in [0.29, 0.717) is 19.3 Å². The van der Waals surface area contributed by atoms with E-state index in [0.717, 1.165) is 64.2 Å². The Kier molecular flexibility index (Phi) is 52.2. The number of ether oxygens (including phenoxy) is 3. The summed E-state index contributed by atoms with van der Waals surface area (Å²) in [5.41, 5.74) is 0. The van der Waals surface area contributed by atoms with Gasteiger partial charge in [-0.1, -0.05) is 270 Å². The molecule has 0 aliphatic heterocycles. The lowest BCUT2D eigenvalue weighted by molar-refractivity contribution is -0.167. The topological polar surface area (TPSA) is 78.9 Å². The first kappa shape index (κ1) is 62.1. The van der Waals surface area contributed by atoms with E-state index in [1.165, 1.54) is 218 Å². The number of carbonyl (C=O) groups excluding carboxylic acids is 3. The van der Waals surface area contributed by atoms with Crippen molar-refractivity contribution in [2.45, 2.75) is 329 Å². The van der Waals surface area contributed by atoms with Gasteiger partial charge in [-0.3, -0.25) is 14.4 Å². The maximum absolute atomic E-state index is 12.8. The number of hydrogen-bond acceptors (Lipinski definition) is 6. The summed E-state index contributed by atoms with van der Waals surface area (Å²) in [6.07, 6.45) is 60.6. The second-order valence-electron chi connectivity index (χ2n) is 19.6. The summed E-state index contributed by atoms with van der Waals surface area (Å²) >= 11 is 0. The van der Waals surface area contributed by atoms with E-state index in [9.17, 15) is 14.4 Å². The Balaban J connectivity index is 4.28. The number of unbranched alkanes of at least 4 members (excludes halogenated alkanes) is 40. The lowest BCUT2D eigenvalue weighted by atomic mass is 10.0. The summed E-state index contributed by atoms with van der Waals surface area (Å²) in [6, 6.07) is 0. The van der Waals surface area contributed by atoms with Crippen LogP contribution < -0.4 is 0 Å². The van der Waals surface area contributed by atoms with Crippen LogP contribution >= 0.6 is 0 Å². The van der Waals surface area contributed by atoms with Gasteiger partial charge in [0.15, 0.2) is 6.10 Å². The van der Waals surface area contributed by atoms with Crippen molar-refractivity contribution in [3.05, 3.63) is 12.2 Å². The quantitative estimate of drug-likeness (QED) is 0.0262. The first-order valence-electron chi connectivity index (χ1n) is 28.7. The van der Waals surface area contributed by atoms with Crippen LogP contribution in [-0.4, -0.2) is 37.2 Å². The molecule has 0 aromatic rings. The minimum atomic E-state index is -0.767. The molecule has 0 heterocycles. The fourth-order valence-electron chi connectivity index (χ4n) is 8.68. The van der Waals surface area contributed by atoms with Gasteiger partial charge in [0.2, 0.25) is 0 Å². The number of rotatable bonds is 53. The van der Waals surface area contributed by atoms with E-state index >= 15 is 0 Å². The molecule has 64 heavy (non-hydrogen) atoms. The van der Waals surface area contributed by atoms with E-state index in [1.807, 2.05) is 0 Å². The lowest BCUT2D eigenvalue weighted by Gasteiger charge is -2.18. The number of allylic oxidation sites excluding steroid dienone is 2. The zero-order chi connectivity index (χ0) is 46.5. The van der Waals surface area contributed by atoms with E-state index in [-0.39, 0.29) is 31.1 Å². The monoisotopic (exact) mass is 903 g/mol. The molecule has 0 fully saturated rings. The lowest BCUT2D eigenvalue weighted by Crippen LogP contribution is -2.30. The molecule has 0 amide bonds. The van der Waals surface area contributed by atoms with Gasteiger partial charge in [0, 0.05) is 19.3 Å². The molecule has 0 N–H and O–H groups in total. The summed E-state index contributed by atoms with van der Waals surface area (Å²) in [5, 5.41) is 0. The van der Waals surface area contributed by atoms with Crippen molar-refractivity contribution in [1.29, 1.82) is 0 Å². The van der Waals surface area contributed by atoms with Crippen LogP contribution in [0.15, 0.2) is 12.2 Å². The van der Waals surface area contributed by atoms with E-state index < -0.39 is 6.10 Å². The zero-order valence-electron chi connectivity index (χ0n) is 43.3. The number of hydrogen-bond donors (Lipinski definition) is 0. The summed E-state index contributed by atoms with van der Waals surface area (Å²) in [4.78, 5) is 38.1. The molecule has 0 saturated heterocycles. The van der Waals surface area contributed by atoms with Gasteiger partial charge in [-0.2, -0.15) is 0 Å². The Labute approximate surface area is 399 Å². The van der Waals surface area contributed by atoms with Crippen LogP contribution in [0.4, 0.5) is 0 Å². The molecule has 0 aromatic heterocycles. The van der Waals surface area contributed by atoms with Crippen molar-refractivity contribution in [1.82, 2.24) is 0 Å². The molecule has 0 aliphatic carbocycles. The van der Waals surface area contributed by atoms with Gasteiger partial charge in [0.25, 0.3) is 0 Å². The van der Waals surface area contributed by atoms with E-state index in [2.05, 4.69) is 32.9 Å². The molecule has 0 radical (unpaired) electrons. The summed E-state index contributed by atoms with van der Waals surface area (Å²) in [5.74, 6) is -0.852. The molecule has 0 saturated carbocycles. The van der Waals surface area contributed by atoms with Gasteiger partial charge in [-0.05, 0) is 44.9 Å². The average Bonchev–Trinajstić information content (AvgIpc) is 3.29. The fourth-order valence-corrected chi connectivity index (χ4v) is 8.68. The predicted octanol–water partition coefficient (Wildman–Crippen LogP) is 18.9. The van der Waals surface area contributed by atoms with Gasteiger partial charge < -0.3 is 14.2 Å². The Bertz CT molecular complexity index is 993. The minimum Gasteiger partial charge on any atom is -0.462 e. The van der Waals surface area contributed by atoms with Crippen molar-refractivity contribution >= 4 is 17.9 Å². The van der Waals surface area contributed by atoms with Crippen molar-refractivity contribution in [3.8, 4) is 0 Å². The van der Waals surface area contributed by atoms with Crippen LogP contribution in [-0.2, 0) is 28.6 Å². The molecular weight excluding hydrogens is 793 g/mol. The smallest absolute Gasteiger partial charge is 0.306 e.